The molecule has 1 N–H and O–H groups in total. The first kappa shape index (κ1) is 25.5. The molecule has 2 heterocycles. The van der Waals surface area contributed by atoms with E-state index in [0.717, 1.165) is 63.5 Å². The van der Waals surface area contributed by atoms with Crippen LogP contribution in [0.1, 0.15) is 36.8 Å². The zero-order valence-corrected chi connectivity index (χ0v) is 21.1. The Balaban J connectivity index is 1.17. The van der Waals surface area contributed by atoms with Crippen LogP contribution in [0.25, 0.3) is 0 Å². The first-order valence-electron chi connectivity index (χ1n) is 12.7. The molecule has 2 saturated heterocycles. The van der Waals surface area contributed by atoms with Crippen molar-refractivity contribution in [1.29, 1.82) is 0 Å². The average Bonchev–Trinajstić information content (AvgIpc) is 3.42. The lowest BCUT2D eigenvalue weighted by Crippen LogP contribution is -2.43. The van der Waals surface area contributed by atoms with Gasteiger partial charge in [-0.05, 0) is 61.7 Å². The van der Waals surface area contributed by atoms with E-state index in [1.165, 1.54) is 11.1 Å². The number of carbonyl (C=O) groups is 1. The summed E-state index contributed by atoms with van der Waals surface area (Å²) in [6.45, 7) is 6.11. The van der Waals surface area contributed by atoms with Crippen LogP contribution in [0.4, 0.5) is 0 Å². The zero-order chi connectivity index (χ0) is 24.7. The van der Waals surface area contributed by atoms with Gasteiger partial charge in [0, 0.05) is 52.2 Å². The molecule has 2 aliphatic rings. The molecule has 2 aromatic rings. The van der Waals surface area contributed by atoms with Gasteiger partial charge in [0.05, 0.1) is 19.3 Å². The number of β-amino-alcohol motifs (C(OH)–C–C–N with tert-alkyl or cyclic N) is 1. The molecular formula is C28H39N3O4. The zero-order valence-electron chi connectivity index (χ0n) is 21.1. The number of aliphatic hydroxyl groups is 1. The highest BCUT2D eigenvalue weighted by molar-refractivity contribution is 5.77. The van der Waals surface area contributed by atoms with Crippen molar-refractivity contribution in [2.45, 2.75) is 44.4 Å². The van der Waals surface area contributed by atoms with Crippen molar-refractivity contribution in [3.05, 3.63) is 59.7 Å². The maximum atomic E-state index is 11.7. The Morgan fingerprint density at radius 1 is 1.03 bits per heavy atom. The Labute approximate surface area is 209 Å². The summed E-state index contributed by atoms with van der Waals surface area (Å²) >= 11 is 0. The summed E-state index contributed by atoms with van der Waals surface area (Å²) in [5.41, 5.74) is 1.73. The van der Waals surface area contributed by atoms with E-state index in [-0.39, 0.29) is 5.91 Å². The van der Waals surface area contributed by atoms with E-state index in [4.69, 9.17) is 9.47 Å². The molecule has 0 aromatic heterocycles. The van der Waals surface area contributed by atoms with Crippen molar-refractivity contribution in [3.8, 4) is 11.5 Å². The molecule has 2 aliphatic heterocycles. The predicted molar refractivity (Wildman–Crippen MR) is 137 cm³/mol. The molecule has 0 radical (unpaired) electrons. The minimum Gasteiger partial charge on any atom is -0.497 e. The molecule has 7 heteroatoms. The standard InChI is InChI=1S/C28H39N3O4/c1-29(19-23-6-10-25(34-2)11-7-23)21-28(33)14-17-30(22-28)20-24-8-12-26(13-9-24)35-18-4-16-31-15-3-5-27(31)32/h6-13,33H,3-5,14-22H2,1-2H3/t28-/m1/s1. The maximum absolute atomic E-state index is 11.7. The number of carbonyl (C=O) groups excluding carboxylic acids is 1. The topological polar surface area (TPSA) is 65.5 Å². The Morgan fingerprint density at radius 2 is 1.74 bits per heavy atom. The second kappa shape index (κ2) is 11.9. The Kier molecular flexibility index (Phi) is 8.65. The van der Waals surface area contributed by atoms with E-state index < -0.39 is 5.60 Å². The number of likely N-dealkylation sites (tertiary alicyclic amines) is 2. The third-order valence-electron chi connectivity index (χ3n) is 6.93. The normalized spacial score (nSPS) is 20.7. The summed E-state index contributed by atoms with van der Waals surface area (Å²) in [6, 6.07) is 16.3. The fourth-order valence-electron chi connectivity index (χ4n) is 5.14. The summed E-state index contributed by atoms with van der Waals surface area (Å²) < 4.78 is 11.1. The van der Waals surface area contributed by atoms with Crippen molar-refractivity contribution in [3.63, 3.8) is 0 Å². The molecule has 0 spiro atoms. The number of nitrogens with zero attached hydrogens (tertiary/aromatic N) is 3. The van der Waals surface area contributed by atoms with Gasteiger partial charge in [-0.15, -0.1) is 0 Å². The first-order chi connectivity index (χ1) is 16.9. The number of hydrogen-bond acceptors (Lipinski definition) is 6. The fraction of sp³-hybridized carbons (Fsp3) is 0.536. The average molecular weight is 482 g/mol. The number of ether oxygens (including phenoxy) is 2. The summed E-state index contributed by atoms with van der Waals surface area (Å²) in [6.07, 6.45) is 3.31. The Morgan fingerprint density at radius 3 is 2.43 bits per heavy atom. The van der Waals surface area contributed by atoms with Crippen LogP contribution in [-0.2, 0) is 17.9 Å². The van der Waals surface area contributed by atoms with E-state index in [2.05, 4.69) is 41.1 Å². The third kappa shape index (κ3) is 7.43. The second-order valence-electron chi connectivity index (χ2n) is 10.0. The third-order valence-corrected chi connectivity index (χ3v) is 6.93. The van der Waals surface area contributed by atoms with Gasteiger partial charge >= 0.3 is 0 Å². The molecule has 0 aliphatic carbocycles. The molecule has 4 rings (SSSR count). The van der Waals surface area contributed by atoms with Gasteiger partial charge in [0.1, 0.15) is 11.5 Å². The van der Waals surface area contributed by atoms with Crippen LogP contribution < -0.4 is 9.47 Å². The monoisotopic (exact) mass is 481 g/mol. The smallest absolute Gasteiger partial charge is 0.222 e. The Hall–Kier alpha value is -2.61. The lowest BCUT2D eigenvalue weighted by molar-refractivity contribution is -0.127. The van der Waals surface area contributed by atoms with E-state index in [0.29, 0.717) is 26.1 Å². The highest BCUT2D eigenvalue weighted by Gasteiger charge is 2.36. The van der Waals surface area contributed by atoms with Crippen LogP contribution in [0.2, 0.25) is 0 Å². The van der Waals surface area contributed by atoms with E-state index in [1.807, 2.05) is 29.2 Å². The number of methoxy groups -OCH3 is 1. The van der Waals surface area contributed by atoms with E-state index in [9.17, 15) is 9.90 Å². The summed E-state index contributed by atoms with van der Waals surface area (Å²) in [4.78, 5) is 18.1. The van der Waals surface area contributed by atoms with Crippen LogP contribution in [0.3, 0.4) is 0 Å². The molecule has 1 atom stereocenters. The van der Waals surface area contributed by atoms with Crippen molar-refractivity contribution < 1.29 is 19.4 Å². The van der Waals surface area contributed by atoms with Crippen LogP contribution in [0.15, 0.2) is 48.5 Å². The number of rotatable bonds is 12. The molecule has 0 saturated carbocycles. The number of benzene rings is 2. The summed E-state index contributed by atoms with van der Waals surface area (Å²) in [7, 11) is 3.74. The lowest BCUT2D eigenvalue weighted by atomic mass is 10.0. The van der Waals surface area contributed by atoms with Gasteiger partial charge in [-0.2, -0.15) is 0 Å². The highest BCUT2D eigenvalue weighted by atomic mass is 16.5. The molecule has 2 aromatic carbocycles. The van der Waals surface area contributed by atoms with Gasteiger partial charge in [-0.25, -0.2) is 0 Å². The molecule has 35 heavy (non-hydrogen) atoms. The van der Waals surface area contributed by atoms with Gasteiger partial charge in [0.15, 0.2) is 0 Å². The molecule has 190 valence electrons. The predicted octanol–water partition coefficient (Wildman–Crippen LogP) is 3.16. The van der Waals surface area contributed by atoms with Crippen molar-refractivity contribution in [1.82, 2.24) is 14.7 Å². The second-order valence-corrected chi connectivity index (χ2v) is 10.0. The summed E-state index contributed by atoms with van der Waals surface area (Å²) in [5.74, 6) is 1.99. The van der Waals surface area contributed by atoms with Gasteiger partial charge in [0.25, 0.3) is 0 Å². The highest BCUT2D eigenvalue weighted by Crippen LogP contribution is 2.25. The minimum atomic E-state index is -0.693. The van der Waals surface area contributed by atoms with Crippen molar-refractivity contribution in [2.24, 2.45) is 0 Å². The molecule has 0 unspecified atom stereocenters. The van der Waals surface area contributed by atoms with Gasteiger partial charge in [0.2, 0.25) is 5.91 Å². The quantitative estimate of drug-likeness (QED) is 0.470. The lowest BCUT2D eigenvalue weighted by Gasteiger charge is -2.29. The summed E-state index contributed by atoms with van der Waals surface area (Å²) in [5, 5.41) is 11.2. The Bertz CT molecular complexity index is 950. The van der Waals surface area contributed by atoms with E-state index >= 15 is 0 Å². The van der Waals surface area contributed by atoms with Crippen LogP contribution in [0, 0.1) is 0 Å². The largest absolute Gasteiger partial charge is 0.497 e. The molecule has 1 amide bonds. The number of amides is 1. The van der Waals surface area contributed by atoms with E-state index in [1.54, 1.807) is 7.11 Å². The minimum absolute atomic E-state index is 0.270. The van der Waals surface area contributed by atoms with Gasteiger partial charge < -0.3 is 19.5 Å². The molecule has 2 fully saturated rings. The van der Waals surface area contributed by atoms with Crippen molar-refractivity contribution in [2.75, 3.05) is 53.5 Å². The van der Waals surface area contributed by atoms with Gasteiger partial charge in [-0.3, -0.25) is 14.6 Å². The first-order valence-corrected chi connectivity index (χ1v) is 12.7. The maximum Gasteiger partial charge on any atom is 0.222 e. The fourth-order valence-corrected chi connectivity index (χ4v) is 5.14. The molecule has 0 bridgehead atoms. The molecular weight excluding hydrogens is 442 g/mol. The molecule has 7 nitrogen and oxygen atoms in total. The SMILES string of the molecule is COc1ccc(CN(C)C[C@]2(O)CCN(Cc3ccc(OCCCN4CCCC4=O)cc3)C2)cc1. The van der Waals surface area contributed by atoms with Crippen LogP contribution in [-0.4, -0.2) is 84.8 Å². The number of hydrogen-bond donors (Lipinski definition) is 1. The number of likely N-dealkylation sites (N-methyl/N-ethyl adjacent to an activating group) is 1. The van der Waals surface area contributed by atoms with Crippen LogP contribution >= 0.6 is 0 Å². The van der Waals surface area contributed by atoms with Crippen LogP contribution in [0.5, 0.6) is 11.5 Å². The van der Waals surface area contributed by atoms with Crippen molar-refractivity contribution >= 4 is 5.91 Å². The van der Waals surface area contributed by atoms with Gasteiger partial charge in [-0.1, -0.05) is 24.3 Å².